The third-order valence-electron chi connectivity index (χ3n) is 4.12. The van der Waals surface area contributed by atoms with Crippen molar-refractivity contribution in [1.29, 1.82) is 5.26 Å². The average Bonchev–Trinajstić information content (AvgIpc) is 2.91. The predicted octanol–water partition coefficient (Wildman–Crippen LogP) is 1.55. The molecule has 0 atom stereocenters. The Labute approximate surface area is 122 Å². The van der Waals surface area contributed by atoms with E-state index in [1.165, 1.54) is 11.0 Å². The molecule has 1 aromatic heterocycles. The lowest BCUT2D eigenvalue weighted by molar-refractivity contribution is 0.283. The number of nitrogens with one attached hydrogen (secondary N) is 1. The summed E-state index contributed by atoms with van der Waals surface area (Å²) in [5, 5.41) is 15.5. The second-order valence-electron chi connectivity index (χ2n) is 5.56. The molecule has 2 aromatic rings. The first kappa shape index (κ1) is 13.6. The quantitative estimate of drug-likeness (QED) is 0.873. The second-order valence-corrected chi connectivity index (χ2v) is 5.56. The summed E-state index contributed by atoms with van der Waals surface area (Å²) in [6.07, 6.45) is 4.92. The highest BCUT2D eigenvalue weighted by molar-refractivity contribution is 5.40. The number of hydrogen-bond donors (Lipinski definition) is 2. The van der Waals surface area contributed by atoms with Gasteiger partial charge >= 0.3 is 5.69 Å². The van der Waals surface area contributed by atoms with Crippen LogP contribution in [0.3, 0.4) is 0 Å². The van der Waals surface area contributed by atoms with Crippen molar-refractivity contribution in [3.05, 3.63) is 46.1 Å². The van der Waals surface area contributed by atoms with Gasteiger partial charge in [-0.25, -0.2) is 14.5 Å². The van der Waals surface area contributed by atoms with Gasteiger partial charge in [-0.15, -0.1) is 0 Å². The highest BCUT2D eigenvalue weighted by atomic mass is 16.1. The number of benzene rings is 1. The molecule has 1 aromatic carbocycles. The number of aromatic nitrogens is 3. The van der Waals surface area contributed by atoms with Crippen molar-refractivity contribution in [3.63, 3.8) is 0 Å². The maximum atomic E-state index is 12.1. The molecule has 21 heavy (non-hydrogen) atoms. The van der Waals surface area contributed by atoms with E-state index in [-0.39, 0.29) is 5.69 Å². The van der Waals surface area contributed by atoms with Crippen LogP contribution in [0.4, 0.5) is 0 Å². The van der Waals surface area contributed by atoms with Gasteiger partial charge in [0.15, 0.2) is 5.82 Å². The number of hydrogen-bond acceptors (Lipinski definition) is 4. The zero-order valence-electron chi connectivity index (χ0n) is 11.7. The monoisotopic (exact) mass is 283 g/mol. The Morgan fingerprint density at radius 2 is 1.90 bits per heavy atom. The van der Waals surface area contributed by atoms with Crippen molar-refractivity contribution in [2.45, 2.75) is 37.6 Å². The molecule has 0 aliphatic heterocycles. The van der Waals surface area contributed by atoms with Crippen LogP contribution in [0.15, 0.2) is 29.1 Å². The smallest absolute Gasteiger partial charge is 0.319 e. The summed E-state index contributed by atoms with van der Waals surface area (Å²) in [5.41, 5.74) is 6.86. The van der Waals surface area contributed by atoms with Gasteiger partial charge in [-0.1, -0.05) is 19.3 Å². The Morgan fingerprint density at radius 1 is 1.24 bits per heavy atom. The highest BCUT2D eigenvalue weighted by Crippen LogP contribution is 2.33. The van der Waals surface area contributed by atoms with E-state index in [4.69, 9.17) is 11.0 Å². The minimum Gasteiger partial charge on any atom is -0.319 e. The van der Waals surface area contributed by atoms with Crippen molar-refractivity contribution >= 4 is 0 Å². The summed E-state index contributed by atoms with van der Waals surface area (Å²) >= 11 is 0. The second kappa shape index (κ2) is 5.19. The lowest BCUT2D eigenvalue weighted by atomic mass is 9.82. The summed E-state index contributed by atoms with van der Waals surface area (Å²) in [7, 11) is 0. The van der Waals surface area contributed by atoms with Gasteiger partial charge < -0.3 is 5.73 Å². The van der Waals surface area contributed by atoms with E-state index in [1.807, 2.05) is 0 Å². The zero-order valence-corrected chi connectivity index (χ0v) is 11.7. The maximum absolute atomic E-state index is 12.1. The zero-order chi connectivity index (χ0) is 14.9. The van der Waals surface area contributed by atoms with Crippen molar-refractivity contribution < 1.29 is 0 Å². The molecule has 0 unspecified atom stereocenters. The molecule has 0 saturated heterocycles. The summed E-state index contributed by atoms with van der Waals surface area (Å²) in [6, 6.07) is 8.91. The van der Waals surface area contributed by atoms with Crippen LogP contribution in [0, 0.1) is 11.3 Å². The van der Waals surface area contributed by atoms with Gasteiger partial charge in [-0.2, -0.15) is 10.4 Å². The summed E-state index contributed by atoms with van der Waals surface area (Å²) < 4.78 is 1.52. The minimum atomic E-state index is -0.564. The SMILES string of the molecule is N#Cc1ccc(-n2c(C3(N)CCCCC3)n[nH]c2=O)cc1. The molecule has 0 amide bonds. The Bertz CT molecular complexity index is 729. The first-order valence-electron chi connectivity index (χ1n) is 7.11. The lowest BCUT2D eigenvalue weighted by Crippen LogP contribution is -2.42. The van der Waals surface area contributed by atoms with Gasteiger partial charge in [0.25, 0.3) is 0 Å². The van der Waals surface area contributed by atoms with Crippen LogP contribution < -0.4 is 11.4 Å². The summed E-state index contributed by atoms with van der Waals surface area (Å²) in [6.45, 7) is 0. The van der Waals surface area contributed by atoms with Gasteiger partial charge in [0.05, 0.1) is 22.9 Å². The number of nitrogens with two attached hydrogens (primary N) is 1. The Hall–Kier alpha value is -2.39. The van der Waals surface area contributed by atoms with E-state index in [2.05, 4.69) is 16.3 Å². The molecule has 1 aliphatic rings. The van der Waals surface area contributed by atoms with Crippen LogP contribution in [-0.2, 0) is 5.54 Å². The first-order valence-corrected chi connectivity index (χ1v) is 7.11. The van der Waals surface area contributed by atoms with E-state index in [0.29, 0.717) is 17.1 Å². The molecule has 1 fully saturated rings. The van der Waals surface area contributed by atoms with E-state index in [9.17, 15) is 4.79 Å². The van der Waals surface area contributed by atoms with E-state index in [1.54, 1.807) is 24.3 Å². The molecule has 0 radical (unpaired) electrons. The van der Waals surface area contributed by atoms with Crippen molar-refractivity contribution in [2.75, 3.05) is 0 Å². The first-order chi connectivity index (χ1) is 10.1. The molecule has 6 nitrogen and oxygen atoms in total. The molecule has 6 heteroatoms. The Kier molecular flexibility index (Phi) is 3.35. The van der Waals surface area contributed by atoms with Gasteiger partial charge in [0.1, 0.15) is 0 Å². The van der Waals surface area contributed by atoms with Crippen LogP contribution in [-0.4, -0.2) is 14.8 Å². The normalized spacial score (nSPS) is 17.3. The fourth-order valence-electron chi connectivity index (χ4n) is 2.96. The number of nitrogens with zero attached hydrogens (tertiary/aromatic N) is 3. The number of aromatic amines is 1. The van der Waals surface area contributed by atoms with Gasteiger partial charge in [-0.05, 0) is 37.1 Å². The molecule has 1 saturated carbocycles. The van der Waals surface area contributed by atoms with Gasteiger partial charge in [-0.3, -0.25) is 0 Å². The lowest BCUT2D eigenvalue weighted by Gasteiger charge is -2.32. The molecule has 3 rings (SSSR count). The highest BCUT2D eigenvalue weighted by Gasteiger charge is 2.35. The molecule has 0 spiro atoms. The molecule has 1 heterocycles. The van der Waals surface area contributed by atoms with E-state index < -0.39 is 5.54 Å². The van der Waals surface area contributed by atoms with Gasteiger partial charge in [0.2, 0.25) is 0 Å². The third kappa shape index (κ3) is 2.36. The number of nitriles is 1. The molecule has 1 aliphatic carbocycles. The van der Waals surface area contributed by atoms with Crippen LogP contribution in [0.25, 0.3) is 5.69 Å². The van der Waals surface area contributed by atoms with Crippen LogP contribution >= 0.6 is 0 Å². The Morgan fingerprint density at radius 3 is 2.52 bits per heavy atom. The topological polar surface area (TPSA) is 100 Å². The molecular weight excluding hydrogens is 266 g/mol. The van der Waals surface area contributed by atoms with Crippen LogP contribution in [0.2, 0.25) is 0 Å². The predicted molar refractivity (Wildman–Crippen MR) is 77.9 cm³/mol. The van der Waals surface area contributed by atoms with E-state index >= 15 is 0 Å². The number of H-pyrrole nitrogens is 1. The van der Waals surface area contributed by atoms with Crippen LogP contribution in [0.5, 0.6) is 0 Å². The standard InChI is InChI=1S/C15H17N5O/c16-10-11-4-6-12(7-5-11)20-13(18-19-14(20)21)15(17)8-2-1-3-9-15/h4-7H,1-3,8-9,17H2,(H,19,21). The fraction of sp³-hybridized carbons (Fsp3) is 0.400. The Balaban J connectivity index is 2.08. The average molecular weight is 283 g/mol. The summed E-state index contributed by atoms with van der Waals surface area (Å²) in [4.78, 5) is 12.1. The van der Waals surface area contributed by atoms with E-state index in [0.717, 1.165) is 25.7 Å². The fourth-order valence-corrected chi connectivity index (χ4v) is 2.96. The summed E-state index contributed by atoms with van der Waals surface area (Å²) in [5.74, 6) is 0.580. The van der Waals surface area contributed by atoms with Crippen molar-refractivity contribution in [1.82, 2.24) is 14.8 Å². The molecular formula is C15H17N5O. The van der Waals surface area contributed by atoms with Crippen LogP contribution in [0.1, 0.15) is 43.5 Å². The largest absolute Gasteiger partial charge is 0.347 e. The maximum Gasteiger partial charge on any atom is 0.347 e. The molecule has 108 valence electrons. The van der Waals surface area contributed by atoms with Gasteiger partial charge in [0, 0.05) is 0 Å². The van der Waals surface area contributed by atoms with Crippen molar-refractivity contribution in [2.24, 2.45) is 5.73 Å². The molecule has 3 N–H and O–H groups in total. The third-order valence-corrected chi connectivity index (χ3v) is 4.12. The van der Waals surface area contributed by atoms with Crippen molar-refractivity contribution in [3.8, 4) is 11.8 Å². The minimum absolute atomic E-state index is 0.301. The number of rotatable bonds is 2. The molecule has 0 bridgehead atoms.